The molecular weight excluding hydrogens is 282 g/mol. The Morgan fingerprint density at radius 3 is 1.44 bits per heavy atom. The summed E-state index contributed by atoms with van der Waals surface area (Å²) >= 11 is 0. The minimum Gasteiger partial charge on any atom is -0.810 e. The van der Waals surface area contributed by atoms with Gasteiger partial charge in [-0.2, -0.15) is 0 Å². The number of nitrogens with zero attached hydrogens (tertiary/aromatic N) is 1. The van der Waals surface area contributed by atoms with E-state index in [9.17, 15) is 28.7 Å². The van der Waals surface area contributed by atoms with Crippen molar-refractivity contribution < 1.29 is 92.9 Å². The van der Waals surface area contributed by atoms with Gasteiger partial charge < -0.3 is 33.8 Å². The van der Waals surface area contributed by atoms with Gasteiger partial charge in [-0.3, -0.25) is 4.90 Å². The molecule has 86 valence electrons. The van der Waals surface area contributed by atoms with E-state index in [1.807, 2.05) is 0 Å². The molecule has 0 saturated carbocycles. The molecule has 0 atom stereocenters. The normalized spacial score (nSPS) is 11.9. The fourth-order valence-corrected chi connectivity index (χ4v) is 2.44. The summed E-state index contributed by atoms with van der Waals surface area (Å²) < 4.78 is 20.5. The Morgan fingerprint density at radius 2 is 1.25 bits per heavy atom. The van der Waals surface area contributed by atoms with Gasteiger partial charge in [0.1, 0.15) is 0 Å². The van der Waals surface area contributed by atoms with Crippen LogP contribution in [0.15, 0.2) is 0 Å². The second-order valence-electron chi connectivity index (χ2n) is 2.62. The molecule has 0 aliphatic heterocycles. The molecular formula is C4H9NNa2O7P2-2. The molecule has 1 N–H and O–H groups in total. The van der Waals surface area contributed by atoms with Gasteiger partial charge in [-0.05, 0) is 0 Å². The fraction of sp³-hybridized carbons (Fsp3) is 1.00. The van der Waals surface area contributed by atoms with Crippen molar-refractivity contribution in [1.29, 1.82) is 0 Å². The van der Waals surface area contributed by atoms with Crippen LogP contribution in [-0.2, 0) is 9.13 Å². The molecule has 0 bridgehead atoms. The van der Waals surface area contributed by atoms with E-state index >= 15 is 0 Å². The molecule has 0 radical (unpaired) electrons. The summed E-state index contributed by atoms with van der Waals surface area (Å²) in [6.07, 6.45) is -2.16. The number of aliphatic hydroxyl groups excluding tert-OH is 1. The Labute approximate surface area is 137 Å². The number of aliphatic hydroxyl groups is 1. The number of hydrogen-bond donors (Lipinski definition) is 1. The van der Waals surface area contributed by atoms with Gasteiger partial charge in [-0.15, -0.1) is 0 Å². The number of hydrogen-bond acceptors (Lipinski definition) is 8. The quantitative estimate of drug-likeness (QED) is 0.374. The van der Waals surface area contributed by atoms with Crippen LogP contribution in [0.3, 0.4) is 0 Å². The summed E-state index contributed by atoms with van der Waals surface area (Å²) in [5.41, 5.74) is 0. The second-order valence-corrected chi connectivity index (χ2v) is 5.63. The van der Waals surface area contributed by atoms with E-state index in [2.05, 4.69) is 0 Å². The predicted octanol–water partition coefficient (Wildman–Crippen LogP) is -9.97. The van der Waals surface area contributed by atoms with Crippen molar-refractivity contribution in [2.45, 2.75) is 0 Å². The molecule has 0 aliphatic rings. The molecule has 12 heteroatoms. The standard InChI is InChI=1S/C4H13NO7P2.2Na/c6-2-1-5(3-13(7,8)9)4-14(10,11)12;;/h6H,1-4H2,(H2,7,8,9)(H2,10,11,12);;/q;2*+1/p-4. The Bertz CT molecular complexity index is 241. The van der Waals surface area contributed by atoms with Crippen LogP contribution in [0.4, 0.5) is 0 Å². The molecule has 8 nitrogen and oxygen atoms in total. The average molecular weight is 291 g/mol. The fourth-order valence-electron chi connectivity index (χ4n) is 0.817. The van der Waals surface area contributed by atoms with E-state index in [1.165, 1.54) is 0 Å². The molecule has 16 heavy (non-hydrogen) atoms. The third kappa shape index (κ3) is 16.2. The van der Waals surface area contributed by atoms with Gasteiger partial charge in [0.2, 0.25) is 0 Å². The van der Waals surface area contributed by atoms with Crippen molar-refractivity contribution in [2.75, 3.05) is 25.7 Å². The molecule has 0 aromatic heterocycles. The van der Waals surface area contributed by atoms with Crippen LogP contribution in [0.25, 0.3) is 0 Å². The van der Waals surface area contributed by atoms with Crippen LogP contribution in [0, 0.1) is 0 Å². The summed E-state index contributed by atoms with van der Waals surface area (Å²) in [6.45, 7) is -0.900. The van der Waals surface area contributed by atoms with Gasteiger partial charge in [0.05, 0.1) is 6.61 Å². The zero-order valence-corrected chi connectivity index (χ0v) is 14.9. The van der Waals surface area contributed by atoms with Gasteiger partial charge >= 0.3 is 59.1 Å². The van der Waals surface area contributed by atoms with Gasteiger partial charge in [0.15, 0.2) is 0 Å². The van der Waals surface area contributed by atoms with Crippen LogP contribution in [0.1, 0.15) is 0 Å². The third-order valence-electron chi connectivity index (χ3n) is 1.16. The maximum atomic E-state index is 10.3. The molecule has 0 saturated heterocycles. The van der Waals surface area contributed by atoms with E-state index in [0.29, 0.717) is 4.90 Å². The van der Waals surface area contributed by atoms with Crippen LogP contribution in [-0.4, -0.2) is 35.7 Å². The molecule has 0 rings (SSSR count). The molecule has 0 aromatic rings. The third-order valence-corrected chi connectivity index (χ3v) is 2.66. The first kappa shape index (κ1) is 23.3. The van der Waals surface area contributed by atoms with Gasteiger partial charge in [-0.25, -0.2) is 0 Å². The van der Waals surface area contributed by atoms with Gasteiger partial charge in [-0.1, -0.05) is 15.2 Å². The topological polar surface area (TPSA) is 150 Å². The average Bonchev–Trinajstić information content (AvgIpc) is 1.78. The summed E-state index contributed by atoms with van der Waals surface area (Å²) in [7, 11) is -9.84. The van der Waals surface area contributed by atoms with Gasteiger partial charge in [0, 0.05) is 19.1 Å². The van der Waals surface area contributed by atoms with Crippen molar-refractivity contribution in [3.05, 3.63) is 0 Å². The van der Waals surface area contributed by atoms with E-state index in [1.54, 1.807) is 0 Å². The summed E-state index contributed by atoms with van der Waals surface area (Å²) in [6, 6.07) is 0. The summed E-state index contributed by atoms with van der Waals surface area (Å²) in [5.74, 6) is 0. The monoisotopic (exact) mass is 291 g/mol. The maximum Gasteiger partial charge on any atom is 1.00 e. The Balaban J connectivity index is -0.000000845. The Kier molecular flexibility index (Phi) is 14.7. The second kappa shape index (κ2) is 10.1. The van der Waals surface area contributed by atoms with Crippen molar-refractivity contribution in [3.63, 3.8) is 0 Å². The minimum atomic E-state index is -4.92. The SMILES string of the molecule is O=P([O-])([O-])CN(CCO)CP(=O)([O-])[O-].[Na+].[Na+]. The molecule has 0 fully saturated rings. The molecule has 0 amide bonds. The van der Waals surface area contributed by atoms with E-state index in [4.69, 9.17) is 5.11 Å². The Morgan fingerprint density at radius 1 is 0.938 bits per heavy atom. The molecule has 0 heterocycles. The summed E-state index contributed by atoms with van der Waals surface area (Å²) in [5, 5.41) is 8.40. The van der Waals surface area contributed by atoms with E-state index in [0.717, 1.165) is 0 Å². The molecule has 0 unspecified atom stereocenters. The van der Waals surface area contributed by atoms with Crippen molar-refractivity contribution in [2.24, 2.45) is 0 Å². The molecule has 0 aliphatic carbocycles. The smallest absolute Gasteiger partial charge is 0.810 e. The van der Waals surface area contributed by atoms with Crippen molar-refractivity contribution in [3.8, 4) is 0 Å². The van der Waals surface area contributed by atoms with E-state index < -0.39 is 34.4 Å². The van der Waals surface area contributed by atoms with Crippen LogP contribution in [0.5, 0.6) is 0 Å². The van der Waals surface area contributed by atoms with Crippen LogP contribution >= 0.6 is 15.2 Å². The first-order valence-corrected chi connectivity index (χ1v) is 6.95. The minimum absolute atomic E-state index is 0. The maximum absolute atomic E-state index is 10.3. The summed E-state index contributed by atoms with van der Waals surface area (Å²) in [4.78, 5) is 41.6. The zero-order chi connectivity index (χ0) is 11.4. The molecule has 0 aromatic carbocycles. The first-order chi connectivity index (χ1) is 6.14. The van der Waals surface area contributed by atoms with Crippen molar-refractivity contribution >= 4 is 15.2 Å². The van der Waals surface area contributed by atoms with Gasteiger partial charge in [0.25, 0.3) is 0 Å². The molecule has 0 spiro atoms. The zero-order valence-electron chi connectivity index (χ0n) is 9.07. The van der Waals surface area contributed by atoms with E-state index in [-0.39, 0.29) is 65.7 Å². The first-order valence-electron chi connectivity index (χ1n) is 3.49. The van der Waals surface area contributed by atoms with Crippen LogP contribution in [0.2, 0.25) is 0 Å². The van der Waals surface area contributed by atoms with Crippen LogP contribution < -0.4 is 78.7 Å². The number of rotatable bonds is 6. The van der Waals surface area contributed by atoms with Crippen molar-refractivity contribution in [1.82, 2.24) is 4.90 Å². The Hall–Kier alpha value is 2.22. The predicted molar refractivity (Wildman–Crippen MR) is 38.7 cm³/mol. The largest absolute Gasteiger partial charge is 1.00 e.